The minimum absolute atomic E-state index is 0.150. The fourth-order valence-electron chi connectivity index (χ4n) is 1.48. The van der Waals surface area contributed by atoms with Crippen LogP contribution in [0.4, 0.5) is 8.78 Å². The van der Waals surface area contributed by atoms with Gasteiger partial charge in [-0.05, 0) is 18.2 Å². The molecule has 0 atom stereocenters. The molecule has 0 unspecified atom stereocenters. The second-order valence-corrected chi connectivity index (χ2v) is 4.58. The summed E-state index contributed by atoms with van der Waals surface area (Å²) >= 11 is 3.29. The van der Waals surface area contributed by atoms with E-state index in [2.05, 4.69) is 26.0 Å². The molecule has 108 valence electrons. The zero-order chi connectivity index (χ0) is 14.3. The Bertz CT molecular complexity index is 389. The summed E-state index contributed by atoms with van der Waals surface area (Å²) < 4.78 is 39.8. The smallest absolute Gasteiger partial charge is 0.387 e. The highest BCUT2D eigenvalue weighted by Gasteiger charge is 2.11. The van der Waals surface area contributed by atoms with Crippen LogP contribution in [0.3, 0.4) is 0 Å². The van der Waals surface area contributed by atoms with Crippen LogP contribution in [0, 0.1) is 0 Å². The molecule has 0 fully saturated rings. The lowest BCUT2D eigenvalue weighted by Crippen LogP contribution is -2.29. The van der Waals surface area contributed by atoms with Crippen LogP contribution in [0.25, 0.3) is 0 Å². The van der Waals surface area contributed by atoms with E-state index in [0.29, 0.717) is 18.7 Å². The van der Waals surface area contributed by atoms with Crippen LogP contribution in [-0.4, -0.2) is 33.7 Å². The maximum Gasteiger partial charge on any atom is 0.387 e. The molecular formula is C12H16BrF2NO3. The van der Waals surface area contributed by atoms with Crippen LogP contribution in [0.15, 0.2) is 22.7 Å². The van der Waals surface area contributed by atoms with Gasteiger partial charge in [-0.25, -0.2) is 0 Å². The van der Waals surface area contributed by atoms with E-state index in [1.807, 2.05) is 0 Å². The van der Waals surface area contributed by atoms with E-state index >= 15 is 0 Å². The molecule has 0 aliphatic carbocycles. The largest absolute Gasteiger partial charge is 0.434 e. The van der Waals surface area contributed by atoms with E-state index < -0.39 is 6.61 Å². The first kappa shape index (κ1) is 16.3. The third kappa shape index (κ3) is 5.82. The van der Waals surface area contributed by atoms with Crippen molar-refractivity contribution in [2.24, 2.45) is 0 Å². The third-order valence-electron chi connectivity index (χ3n) is 2.39. The quantitative estimate of drug-likeness (QED) is 0.739. The SMILES string of the molecule is COC(CNCc1cc(Br)ccc1OC(F)F)OC. The standard InChI is InChI=1S/C12H16BrF2NO3/c1-17-11(18-2)7-16-6-8-5-9(13)3-4-10(8)19-12(14)15/h3-5,11-12,16H,6-7H2,1-2H3. The Morgan fingerprint density at radius 2 is 1.95 bits per heavy atom. The molecule has 0 aromatic heterocycles. The van der Waals surface area contributed by atoms with Crippen molar-refractivity contribution in [2.75, 3.05) is 20.8 Å². The molecule has 0 aliphatic rings. The monoisotopic (exact) mass is 339 g/mol. The fraction of sp³-hybridized carbons (Fsp3) is 0.500. The Hall–Kier alpha value is -0.760. The number of hydrogen-bond acceptors (Lipinski definition) is 4. The average molecular weight is 340 g/mol. The van der Waals surface area contributed by atoms with Crippen LogP contribution in [0.5, 0.6) is 5.75 Å². The maximum absolute atomic E-state index is 12.3. The van der Waals surface area contributed by atoms with E-state index in [1.165, 1.54) is 20.3 Å². The second-order valence-electron chi connectivity index (χ2n) is 3.66. The Morgan fingerprint density at radius 1 is 1.26 bits per heavy atom. The third-order valence-corrected chi connectivity index (χ3v) is 2.88. The molecule has 0 aliphatic heterocycles. The normalized spacial score (nSPS) is 11.3. The van der Waals surface area contributed by atoms with Gasteiger partial charge in [0.15, 0.2) is 6.29 Å². The highest BCUT2D eigenvalue weighted by molar-refractivity contribution is 9.10. The number of hydrogen-bond donors (Lipinski definition) is 1. The number of alkyl halides is 2. The highest BCUT2D eigenvalue weighted by Crippen LogP contribution is 2.24. The molecule has 1 rings (SSSR count). The second kappa shape index (κ2) is 8.42. The van der Waals surface area contributed by atoms with Gasteiger partial charge < -0.3 is 19.5 Å². The number of nitrogens with one attached hydrogen (secondary N) is 1. The molecule has 4 nitrogen and oxygen atoms in total. The summed E-state index contributed by atoms with van der Waals surface area (Å²) in [6.45, 7) is -2.04. The van der Waals surface area contributed by atoms with Crippen molar-refractivity contribution in [2.45, 2.75) is 19.4 Å². The molecular weight excluding hydrogens is 324 g/mol. The zero-order valence-corrected chi connectivity index (χ0v) is 12.2. The van der Waals surface area contributed by atoms with Crippen molar-refractivity contribution in [3.8, 4) is 5.75 Å². The van der Waals surface area contributed by atoms with Gasteiger partial charge in [0.25, 0.3) is 0 Å². The summed E-state index contributed by atoms with van der Waals surface area (Å²) in [5, 5.41) is 3.05. The summed E-state index contributed by atoms with van der Waals surface area (Å²) in [5.74, 6) is 0.150. The van der Waals surface area contributed by atoms with Gasteiger partial charge in [0.1, 0.15) is 5.75 Å². The molecule has 0 saturated heterocycles. The van der Waals surface area contributed by atoms with Crippen LogP contribution in [-0.2, 0) is 16.0 Å². The average Bonchev–Trinajstić information content (AvgIpc) is 2.37. The predicted molar refractivity (Wildman–Crippen MR) is 70.3 cm³/mol. The van der Waals surface area contributed by atoms with Crippen LogP contribution in [0.2, 0.25) is 0 Å². The molecule has 0 spiro atoms. The first-order valence-electron chi connectivity index (χ1n) is 5.56. The molecule has 0 bridgehead atoms. The Kier molecular flexibility index (Phi) is 7.22. The number of halogens is 3. The molecule has 7 heteroatoms. The topological polar surface area (TPSA) is 39.7 Å². The van der Waals surface area contributed by atoms with Crippen molar-refractivity contribution in [1.82, 2.24) is 5.32 Å². The van der Waals surface area contributed by atoms with E-state index in [4.69, 9.17) is 9.47 Å². The molecule has 0 heterocycles. The molecule has 1 N–H and O–H groups in total. The Morgan fingerprint density at radius 3 is 2.53 bits per heavy atom. The van der Waals surface area contributed by atoms with E-state index in [9.17, 15) is 8.78 Å². The summed E-state index contributed by atoms with van der Waals surface area (Å²) in [4.78, 5) is 0. The number of ether oxygens (including phenoxy) is 3. The van der Waals surface area contributed by atoms with Gasteiger partial charge in [-0.15, -0.1) is 0 Å². The van der Waals surface area contributed by atoms with Crippen molar-refractivity contribution >= 4 is 15.9 Å². The molecule has 1 aromatic carbocycles. The fourth-order valence-corrected chi connectivity index (χ4v) is 1.89. The maximum atomic E-state index is 12.3. The Labute approximate surface area is 119 Å². The van der Waals surface area contributed by atoms with Gasteiger partial charge in [-0.3, -0.25) is 0 Å². The molecule has 0 amide bonds. The number of rotatable bonds is 8. The van der Waals surface area contributed by atoms with Gasteiger partial charge in [0.05, 0.1) is 0 Å². The zero-order valence-electron chi connectivity index (χ0n) is 10.7. The van der Waals surface area contributed by atoms with Crippen LogP contribution < -0.4 is 10.1 Å². The van der Waals surface area contributed by atoms with Gasteiger partial charge in [-0.2, -0.15) is 8.78 Å². The minimum atomic E-state index is -2.84. The minimum Gasteiger partial charge on any atom is -0.434 e. The van der Waals surface area contributed by atoms with Crippen LogP contribution >= 0.6 is 15.9 Å². The highest BCUT2D eigenvalue weighted by atomic mass is 79.9. The van der Waals surface area contributed by atoms with E-state index in [-0.39, 0.29) is 12.0 Å². The van der Waals surface area contributed by atoms with Crippen molar-refractivity contribution in [3.05, 3.63) is 28.2 Å². The van der Waals surface area contributed by atoms with E-state index in [0.717, 1.165) is 4.47 Å². The first-order chi connectivity index (χ1) is 9.06. The van der Waals surface area contributed by atoms with Crippen molar-refractivity contribution in [3.63, 3.8) is 0 Å². The summed E-state index contributed by atoms with van der Waals surface area (Å²) in [6, 6.07) is 4.87. The summed E-state index contributed by atoms with van der Waals surface area (Å²) in [7, 11) is 3.06. The van der Waals surface area contributed by atoms with Gasteiger partial charge in [0.2, 0.25) is 0 Å². The van der Waals surface area contributed by atoms with Gasteiger partial charge >= 0.3 is 6.61 Å². The lowest BCUT2D eigenvalue weighted by atomic mass is 10.2. The summed E-state index contributed by atoms with van der Waals surface area (Å²) in [6.07, 6.45) is -0.383. The Balaban J connectivity index is 2.62. The molecule has 1 aromatic rings. The number of benzene rings is 1. The number of methoxy groups -OCH3 is 2. The molecule has 19 heavy (non-hydrogen) atoms. The van der Waals surface area contributed by atoms with Crippen molar-refractivity contribution < 1.29 is 23.0 Å². The predicted octanol–water partition coefficient (Wildman–Crippen LogP) is 2.76. The van der Waals surface area contributed by atoms with Crippen LogP contribution in [0.1, 0.15) is 5.56 Å². The molecule has 0 radical (unpaired) electrons. The van der Waals surface area contributed by atoms with Gasteiger partial charge in [-0.1, -0.05) is 15.9 Å². The molecule has 0 saturated carbocycles. The summed E-state index contributed by atoms with van der Waals surface area (Å²) in [5.41, 5.74) is 0.626. The van der Waals surface area contributed by atoms with Crippen molar-refractivity contribution in [1.29, 1.82) is 0 Å². The lowest BCUT2D eigenvalue weighted by molar-refractivity contribution is -0.0989. The van der Waals surface area contributed by atoms with E-state index in [1.54, 1.807) is 12.1 Å². The lowest BCUT2D eigenvalue weighted by Gasteiger charge is -2.15. The van der Waals surface area contributed by atoms with Gasteiger partial charge in [0, 0.05) is 37.3 Å². The first-order valence-corrected chi connectivity index (χ1v) is 6.35.